The van der Waals surface area contributed by atoms with Gasteiger partial charge >= 0.3 is 5.69 Å². The second-order valence-electron chi connectivity index (χ2n) is 5.35. The number of carbonyl (C=O) groups excluding carboxylic acids is 1. The van der Waals surface area contributed by atoms with Gasteiger partial charge in [-0.05, 0) is 37.5 Å². The molecular weight excluding hydrogens is 252 g/mol. The van der Waals surface area contributed by atoms with Gasteiger partial charge in [-0.1, -0.05) is 19.1 Å². The van der Waals surface area contributed by atoms with E-state index in [-0.39, 0.29) is 17.6 Å². The number of hydrogen-bond acceptors (Lipinski definition) is 2. The monoisotopic (exact) mass is 272 g/mol. The van der Waals surface area contributed by atoms with E-state index in [0.717, 1.165) is 17.5 Å². The molecule has 0 aliphatic heterocycles. The summed E-state index contributed by atoms with van der Waals surface area (Å²) in [6.45, 7) is 5.98. The first-order valence-electron chi connectivity index (χ1n) is 6.88. The molecule has 20 heavy (non-hydrogen) atoms. The van der Waals surface area contributed by atoms with Crippen LogP contribution in [0.2, 0.25) is 0 Å². The number of imidazole rings is 1. The highest BCUT2D eigenvalue weighted by Gasteiger charge is 2.09. The predicted molar refractivity (Wildman–Crippen MR) is 79.5 cm³/mol. The molecule has 0 aliphatic rings. The van der Waals surface area contributed by atoms with Gasteiger partial charge in [0.05, 0.1) is 5.69 Å². The van der Waals surface area contributed by atoms with Gasteiger partial charge in [0.2, 0.25) is 0 Å². The van der Waals surface area contributed by atoms with Crippen molar-refractivity contribution >= 4 is 6.29 Å². The maximum atomic E-state index is 12.2. The molecule has 4 heteroatoms. The van der Waals surface area contributed by atoms with Crippen LogP contribution in [0.25, 0.3) is 5.69 Å². The highest BCUT2D eigenvalue weighted by Crippen LogP contribution is 2.19. The standard InChI is InChI=1S/C16H20N2O2/c1-12(2)17-9-10-18(16(17)20)15-6-4-14(5-7-15)13(3)8-11-19/h4-7,9-13H,8H2,1-3H3. The van der Waals surface area contributed by atoms with Crippen molar-refractivity contribution < 1.29 is 4.79 Å². The van der Waals surface area contributed by atoms with Crippen LogP contribution in [0, 0.1) is 0 Å². The first kappa shape index (κ1) is 14.3. The molecule has 1 aromatic heterocycles. The summed E-state index contributed by atoms with van der Waals surface area (Å²) in [5.74, 6) is 0.207. The smallest absolute Gasteiger partial charge is 0.303 e. The fraction of sp³-hybridized carbons (Fsp3) is 0.375. The van der Waals surface area contributed by atoms with Gasteiger partial charge in [-0.3, -0.25) is 9.13 Å². The molecule has 1 atom stereocenters. The zero-order valence-electron chi connectivity index (χ0n) is 12.1. The van der Waals surface area contributed by atoms with Crippen LogP contribution in [0.4, 0.5) is 0 Å². The number of aldehydes is 1. The van der Waals surface area contributed by atoms with Crippen molar-refractivity contribution in [3.63, 3.8) is 0 Å². The van der Waals surface area contributed by atoms with E-state index in [4.69, 9.17) is 0 Å². The fourth-order valence-electron chi connectivity index (χ4n) is 2.22. The lowest BCUT2D eigenvalue weighted by Gasteiger charge is -2.09. The second-order valence-corrected chi connectivity index (χ2v) is 5.35. The van der Waals surface area contributed by atoms with E-state index < -0.39 is 0 Å². The van der Waals surface area contributed by atoms with Crippen molar-refractivity contribution in [1.29, 1.82) is 0 Å². The Morgan fingerprint density at radius 2 is 1.75 bits per heavy atom. The van der Waals surface area contributed by atoms with E-state index in [1.54, 1.807) is 21.5 Å². The van der Waals surface area contributed by atoms with Crippen molar-refractivity contribution in [2.75, 3.05) is 0 Å². The summed E-state index contributed by atoms with van der Waals surface area (Å²) in [6.07, 6.45) is 5.04. The van der Waals surface area contributed by atoms with Crippen LogP contribution in [0.15, 0.2) is 41.5 Å². The molecule has 2 aromatic rings. The third kappa shape index (κ3) is 2.74. The quantitative estimate of drug-likeness (QED) is 0.785. The minimum atomic E-state index is -0.0336. The minimum absolute atomic E-state index is 0.0336. The Hall–Kier alpha value is -2.10. The largest absolute Gasteiger partial charge is 0.332 e. The molecule has 0 saturated carbocycles. The lowest BCUT2D eigenvalue weighted by Crippen LogP contribution is -2.24. The molecule has 0 radical (unpaired) electrons. The van der Waals surface area contributed by atoms with E-state index >= 15 is 0 Å². The first-order chi connectivity index (χ1) is 9.54. The Morgan fingerprint density at radius 3 is 2.25 bits per heavy atom. The van der Waals surface area contributed by atoms with Crippen LogP contribution in [-0.4, -0.2) is 15.4 Å². The number of benzene rings is 1. The zero-order valence-corrected chi connectivity index (χ0v) is 12.1. The lowest BCUT2D eigenvalue weighted by atomic mass is 9.98. The summed E-state index contributed by atoms with van der Waals surface area (Å²) >= 11 is 0. The van der Waals surface area contributed by atoms with E-state index in [1.807, 2.05) is 45.0 Å². The van der Waals surface area contributed by atoms with Crippen molar-refractivity contribution in [2.45, 2.75) is 39.2 Å². The first-order valence-corrected chi connectivity index (χ1v) is 6.88. The summed E-state index contributed by atoms with van der Waals surface area (Å²) < 4.78 is 3.33. The molecule has 0 spiro atoms. The summed E-state index contributed by atoms with van der Waals surface area (Å²) in [6, 6.07) is 7.94. The number of rotatable bonds is 5. The fourth-order valence-corrected chi connectivity index (χ4v) is 2.22. The molecule has 1 aromatic carbocycles. The van der Waals surface area contributed by atoms with Gasteiger partial charge in [0.15, 0.2) is 0 Å². The van der Waals surface area contributed by atoms with Crippen LogP contribution >= 0.6 is 0 Å². The number of hydrogen-bond donors (Lipinski definition) is 0. The molecule has 1 unspecified atom stereocenters. The molecule has 0 aliphatic carbocycles. The summed E-state index contributed by atoms with van der Waals surface area (Å²) in [4.78, 5) is 22.8. The summed E-state index contributed by atoms with van der Waals surface area (Å²) in [5, 5.41) is 0. The van der Waals surface area contributed by atoms with Crippen LogP contribution in [-0.2, 0) is 4.79 Å². The lowest BCUT2D eigenvalue weighted by molar-refractivity contribution is -0.108. The minimum Gasteiger partial charge on any atom is -0.303 e. The SMILES string of the molecule is CC(CC=O)c1ccc(-n2ccn(C(C)C)c2=O)cc1. The molecule has 0 saturated heterocycles. The predicted octanol–water partition coefficient (Wildman–Crippen LogP) is 2.91. The van der Waals surface area contributed by atoms with E-state index in [1.165, 1.54) is 0 Å². The second kappa shape index (κ2) is 5.90. The Morgan fingerprint density at radius 1 is 1.10 bits per heavy atom. The van der Waals surface area contributed by atoms with Gasteiger partial charge in [-0.2, -0.15) is 0 Å². The molecule has 0 N–H and O–H groups in total. The van der Waals surface area contributed by atoms with Crippen molar-refractivity contribution in [2.24, 2.45) is 0 Å². The van der Waals surface area contributed by atoms with E-state index in [9.17, 15) is 9.59 Å². The van der Waals surface area contributed by atoms with Gasteiger partial charge < -0.3 is 4.79 Å². The zero-order chi connectivity index (χ0) is 14.7. The molecule has 1 heterocycles. The summed E-state index contributed by atoms with van der Waals surface area (Å²) in [7, 11) is 0. The van der Waals surface area contributed by atoms with Crippen molar-refractivity contribution in [3.05, 3.63) is 52.7 Å². The van der Waals surface area contributed by atoms with Crippen LogP contribution in [0.1, 0.15) is 44.7 Å². The molecule has 0 amide bonds. The van der Waals surface area contributed by atoms with Gasteiger partial charge in [0, 0.05) is 24.9 Å². The van der Waals surface area contributed by atoms with Crippen LogP contribution in [0.3, 0.4) is 0 Å². The van der Waals surface area contributed by atoms with Gasteiger partial charge in [0.25, 0.3) is 0 Å². The highest BCUT2D eigenvalue weighted by molar-refractivity contribution is 5.51. The number of carbonyl (C=O) groups is 1. The van der Waals surface area contributed by atoms with Crippen molar-refractivity contribution in [1.82, 2.24) is 9.13 Å². The van der Waals surface area contributed by atoms with Gasteiger partial charge in [0.1, 0.15) is 6.29 Å². The van der Waals surface area contributed by atoms with Crippen LogP contribution < -0.4 is 5.69 Å². The molecular formula is C16H20N2O2. The normalized spacial score (nSPS) is 12.6. The van der Waals surface area contributed by atoms with E-state index in [2.05, 4.69) is 0 Å². The number of nitrogens with zero attached hydrogens (tertiary/aromatic N) is 2. The average Bonchev–Trinajstić information content (AvgIpc) is 2.81. The van der Waals surface area contributed by atoms with Gasteiger partial charge in [-0.25, -0.2) is 4.79 Å². The maximum absolute atomic E-state index is 12.2. The average molecular weight is 272 g/mol. The maximum Gasteiger partial charge on any atom is 0.332 e. The topological polar surface area (TPSA) is 44.0 Å². The summed E-state index contributed by atoms with van der Waals surface area (Å²) in [5.41, 5.74) is 1.92. The Balaban J connectivity index is 2.31. The molecule has 0 fully saturated rings. The highest BCUT2D eigenvalue weighted by atomic mass is 16.1. The number of aromatic nitrogens is 2. The van der Waals surface area contributed by atoms with Gasteiger partial charge in [-0.15, -0.1) is 0 Å². The van der Waals surface area contributed by atoms with Crippen molar-refractivity contribution in [3.8, 4) is 5.69 Å². The van der Waals surface area contributed by atoms with E-state index in [0.29, 0.717) is 6.42 Å². The Bertz CT molecular complexity index is 635. The molecule has 0 bridgehead atoms. The third-order valence-corrected chi connectivity index (χ3v) is 3.55. The molecule has 106 valence electrons. The Labute approximate surface area is 118 Å². The molecule has 4 nitrogen and oxygen atoms in total. The van der Waals surface area contributed by atoms with Crippen LogP contribution in [0.5, 0.6) is 0 Å². The Kier molecular flexibility index (Phi) is 4.23. The molecule has 2 rings (SSSR count). The third-order valence-electron chi connectivity index (χ3n) is 3.55.